The highest BCUT2D eigenvalue weighted by molar-refractivity contribution is 5.80. The molecule has 0 aromatic heterocycles. The number of hydrogen-bond donors (Lipinski definition) is 1. The Morgan fingerprint density at radius 3 is 2.70 bits per heavy atom. The van der Waals surface area contributed by atoms with Crippen molar-refractivity contribution >= 4 is 5.97 Å². The number of ether oxygens (including phenoxy) is 1. The smallest absolute Gasteiger partial charge is 0.326 e. The second-order valence-corrected chi connectivity index (χ2v) is 6.23. The first kappa shape index (κ1) is 17.4. The number of nitrogens with zero attached hydrogens (tertiary/aromatic N) is 1. The predicted molar refractivity (Wildman–Crippen MR) is 82.8 cm³/mol. The van der Waals surface area contributed by atoms with Gasteiger partial charge in [-0.15, -0.1) is 0 Å². The number of piperidine rings is 1. The monoisotopic (exact) mass is 284 g/mol. The number of rotatable bonds is 7. The molecule has 3 atom stereocenters. The van der Waals surface area contributed by atoms with Gasteiger partial charge < -0.3 is 15.0 Å². The molecule has 1 heterocycles. The first-order valence-electron chi connectivity index (χ1n) is 8.11. The van der Waals surface area contributed by atoms with E-state index in [2.05, 4.69) is 24.1 Å². The van der Waals surface area contributed by atoms with E-state index >= 15 is 0 Å². The normalized spacial score (nSPS) is 27.1. The van der Waals surface area contributed by atoms with E-state index in [1.165, 1.54) is 12.8 Å². The van der Waals surface area contributed by atoms with E-state index in [0.717, 1.165) is 32.0 Å². The minimum Gasteiger partial charge on any atom is -0.465 e. The van der Waals surface area contributed by atoms with Gasteiger partial charge in [-0.1, -0.05) is 13.8 Å². The van der Waals surface area contributed by atoms with Crippen molar-refractivity contribution in [3.63, 3.8) is 0 Å². The van der Waals surface area contributed by atoms with E-state index in [4.69, 9.17) is 4.74 Å². The summed E-state index contributed by atoms with van der Waals surface area (Å²) in [4.78, 5) is 14.7. The van der Waals surface area contributed by atoms with Crippen LogP contribution in [0.1, 0.15) is 53.9 Å². The van der Waals surface area contributed by atoms with Crippen molar-refractivity contribution in [1.29, 1.82) is 0 Å². The summed E-state index contributed by atoms with van der Waals surface area (Å²) in [6, 6.07) is 0.608. The van der Waals surface area contributed by atoms with Gasteiger partial charge in [0, 0.05) is 12.6 Å². The van der Waals surface area contributed by atoms with Gasteiger partial charge in [0.25, 0.3) is 0 Å². The molecule has 0 bridgehead atoms. The van der Waals surface area contributed by atoms with Gasteiger partial charge in [-0.3, -0.25) is 4.79 Å². The molecule has 0 aromatic rings. The third-order valence-electron chi connectivity index (χ3n) is 4.70. The lowest BCUT2D eigenvalue weighted by atomic mass is 9.90. The van der Waals surface area contributed by atoms with Crippen molar-refractivity contribution in [2.24, 2.45) is 5.92 Å². The largest absolute Gasteiger partial charge is 0.465 e. The van der Waals surface area contributed by atoms with Gasteiger partial charge in [0.2, 0.25) is 0 Å². The van der Waals surface area contributed by atoms with Gasteiger partial charge in [-0.25, -0.2) is 0 Å². The van der Waals surface area contributed by atoms with E-state index in [0.29, 0.717) is 12.6 Å². The number of carbonyl (C=O) groups is 1. The molecule has 1 aliphatic heterocycles. The van der Waals surface area contributed by atoms with Crippen LogP contribution in [0, 0.1) is 5.92 Å². The highest BCUT2D eigenvalue weighted by atomic mass is 16.5. The molecule has 1 fully saturated rings. The molecule has 1 saturated heterocycles. The standard InChI is InChI=1S/C16H32N2O2/c1-6-17-16(5,15(19)20-7-2)10-12-18-11-8-9-13(3)14(18)4/h13-14,17H,6-12H2,1-5H3. The van der Waals surface area contributed by atoms with Crippen LogP contribution in [0.25, 0.3) is 0 Å². The number of hydrogen-bond acceptors (Lipinski definition) is 4. The SMILES string of the molecule is CCNC(C)(CCN1CCCC(C)C1C)C(=O)OCC. The number of esters is 1. The van der Waals surface area contributed by atoms with Crippen LogP contribution >= 0.6 is 0 Å². The average Bonchev–Trinajstić information content (AvgIpc) is 2.41. The fraction of sp³-hybridized carbons (Fsp3) is 0.938. The Bertz CT molecular complexity index is 309. The minimum absolute atomic E-state index is 0.125. The lowest BCUT2D eigenvalue weighted by Crippen LogP contribution is -2.53. The van der Waals surface area contributed by atoms with Gasteiger partial charge in [0.05, 0.1) is 6.61 Å². The molecule has 0 aliphatic carbocycles. The molecule has 4 heteroatoms. The molecule has 1 rings (SSSR count). The van der Waals surface area contributed by atoms with E-state index in [9.17, 15) is 4.79 Å². The van der Waals surface area contributed by atoms with Crippen LogP contribution in [0.15, 0.2) is 0 Å². The van der Waals surface area contributed by atoms with Gasteiger partial charge in [0.1, 0.15) is 5.54 Å². The second-order valence-electron chi connectivity index (χ2n) is 6.23. The Labute approximate surface area is 124 Å². The lowest BCUT2D eigenvalue weighted by Gasteiger charge is -2.39. The van der Waals surface area contributed by atoms with Crippen LogP contribution in [0.5, 0.6) is 0 Å². The molecule has 1 aliphatic rings. The summed E-state index contributed by atoms with van der Waals surface area (Å²) in [7, 11) is 0. The Kier molecular flexibility index (Phi) is 6.96. The van der Waals surface area contributed by atoms with Crippen molar-refractivity contribution in [1.82, 2.24) is 10.2 Å². The summed E-state index contributed by atoms with van der Waals surface area (Å²) in [5.41, 5.74) is -0.564. The van der Waals surface area contributed by atoms with Crippen LogP contribution in [0.2, 0.25) is 0 Å². The first-order valence-corrected chi connectivity index (χ1v) is 8.11. The number of likely N-dealkylation sites (tertiary alicyclic amines) is 1. The van der Waals surface area contributed by atoms with Crippen LogP contribution < -0.4 is 5.32 Å². The number of nitrogens with one attached hydrogen (secondary N) is 1. The number of likely N-dealkylation sites (N-methyl/N-ethyl adjacent to an activating group) is 1. The molecule has 0 spiro atoms. The zero-order valence-corrected chi connectivity index (χ0v) is 13.9. The fourth-order valence-electron chi connectivity index (χ4n) is 3.05. The molecule has 0 amide bonds. The van der Waals surface area contributed by atoms with Gasteiger partial charge >= 0.3 is 5.97 Å². The van der Waals surface area contributed by atoms with E-state index < -0.39 is 5.54 Å². The van der Waals surface area contributed by atoms with E-state index in [1.807, 2.05) is 20.8 Å². The van der Waals surface area contributed by atoms with Crippen molar-refractivity contribution in [3.8, 4) is 0 Å². The molecule has 4 nitrogen and oxygen atoms in total. The molecule has 118 valence electrons. The maximum Gasteiger partial charge on any atom is 0.326 e. The van der Waals surface area contributed by atoms with E-state index in [-0.39, 0.29) is 5.97 Å². The predicted octanol–water partition coefficient (Wildman–Crippen LogP) is 2.43. The highest BCUT2D eigenvalue weighted by Crippen LogP contribution is 2.24. The number of carbonyl (C=O) groups excluding carboxylic acids is 1. The first-order chi connectivity index (χ1) is 9.44. The van der Waals surface area contributed by atoms with Gasteiger partial charge in [-0.05, 0) is 59.0 Å². The molecular formula is C16H32N2O2. The molecule has 20 heavy (non-hydrogen) atoms. The summed E-state index contributed by atoms with van der Waals surface area (Å²) in [6.45, 7) is 13.8. The lowest BCUT2D eigenvalue weighted by molar-refractivity contribution is -0.151. The fourth-order valence-corrected chi connectivity index (χ4v) is 3.05. The Balaban J connectivity index is 2.59. The van der Waals surface area contributed by atoms with Crippen LogP contribution in [-0.2, 0) is 9.53 Å². The van der Waals surface area contributed by atoms with Crippen LogP contribution in [-0.4, -0.2) is 48.7 Å². The van der Waals surface area contributed by atoms with Gasteiger partial charge in [0.15, 0.2) is 0 Å². The van der Waals surface area contributed by atoms with Crippen LogP contribution in [0.4, 0.5) is 0 Å². The zero-order valence-electron chi connectivity index (χ0n) is 13.9. The minimum atomic E-state index is -0.564. The average molecular weight is 284 g/mol. The van der Waals surface area contributed by atoms with Crippen molar-refractivity contribution in [3.05, 3.63) is 0 Å². The molecular weight excluding hydrogens is 252 g/mol. The summed E-state index contributed by atoms with van der Waals surface area (Å²) < 4.78 is 5.23. The highest BCUT2D eigenvalue weighted by Gasteiger charge is 2.35. The quantitative estimate of drug-likeness (QED) is 0.729. The summed E-state index contributed by atoms with van der Waals surface area (Å²) in [6.07, 6.45) is 3.39. The third-order valence-corrected chi connectivity index (χ3v) is 4.70. The van der Waals surface area contributed by atoms with Crippen LogP contribution in [0.3, 0.4) is 0 Å². The summed E-state index contributed by atoms with van der Waals surface area (Å²) in [5.74, 6) is 0.622. The molecule has 0 saturated carbocycles. The molecule has 0 aromatic carbocycles. The Morgan fingerprint density at radius 1 is 1.40 bits per heavy atom. The summed E-state index contributed by atoms with van der Waals surface area (Å²) >= 11 is 0. The molecule has 1 N–H and O–H groups in total. The molecule has 0 radical (unpaired) electrons. The topological polar surface area (TPSA) is 41.6 Å². The van der Waals surface area contributed by atoms with Crippen molar-refractivity contribution < 1.29 is 9.53 Å². The van der Waals surface area contributed by atoms with Crippen molar-refractivity contribution in [2.75, 3.05) is 26.2 Å². The maximum atomic E-state index is 12.2. The van der Waals surface area contributed by atoms with Crippen molar-refractivity contribution in [2.45, 2.75) is 65.5 Å². The second kappa shape index (κ2) is 7.99. The Morgan fingerprint density at radius 2 is 2.10 bits per heavy atom. The zero-order chi connectivity index (χ0) is 15.2. The Hall–Kier alpha value is -0.610. The molecule has 3 unspecified atom stereocenters. The maximum absolute atomic E-state index is 12.2. The third kappa shape index (κ3) is 4.45. The van der Waals surface area contributed by atoms with Gasteiger partial charge in [-0.2, -0.15) is 0 Å². The summed E-state index contributed by atoms with van der Waals surface area (Å²) in [5, 5.41) is 3.31. The van der Waals surface area contributed by atoms with E-state index in [1.54, 1.807) is 0 Å².